The molecule has 4 heterocycles. The number of aryl methyl sites for hydroxylation is 1. The molecule has 65 heavy (non-hydrogen) atoms. The number of benzene rings is 3. The summed E-state index contributed by atoms with van der Waals surface area (Å²) < 4.78 is 17.0. The average molecular weight is 955 g/mol. The summed E-state index contributed by atoms with van der Waals surface area (Å²) >= 11 is 5.29. The zero-order valence-electron chi connectivity index (χ0n) is 37.0. The monoisotopic (exact) mass is 954 g/mol. The van der Waals surface area contributed by atoms with E-state index in [4.69, 9.17) is 19.2 Å². The Morgan fingerprint density at radius 3 is 2.02 bits per heavy atom. The molecule has 0 saturated carbocycles. The van der Waals surface area contributed by atoms with Crippen molar-refractivity contribution >= 4 is 86.6 Å². The Bertz CT molecular complexity index is 2460. The standard InChI is InChI=1S/C47H50N6O8S4/c1-29-51-52-43(65-29)64-27-46(41(58)60-28-59-40(57)44(2,3)4)25-53-38(56)36(39(53)63-26-46)49-37(55)33(23-35(54)61-45(5,6)7)34-24-62-42(48-34)50-47(30-17-11-8-12-18-30,31-19-13-9-14-20-31)32-21-15-10-16-22-32/h8-24,36,39H,25-28H2,1-7H3,(H,48,50)(H,49,55)/t36?,39-,46?/m1/s1. The van der Waals surface area contributed by atoms with E-state index in [0.29, 0.717) is 9.47 Å². The predicted octanol–water partition coefficient (Wildman–Crippen LogP) is 7.70. The number of amides is 2. The fraction of sp³-hybridized carbons (Fsp3) is 0.362. The number of carbonyl (C=O) groups excluding carboxylic acids is 5. The van der Waals surface area contributed by atoms with Gasteiger partial charge in [-0.3, -0.25) is 19.2 Å². The highest BCUT2D eigenvalue weighted by Crippen LogP contribution is 2.46. The lowest BCUT2D eigenvalue weighted by atomic mass is 9.77. The summed E-state index contributed by atoms with van der Waals surface area (Å²) in [7, 11) is 0. The normalized spacial score (nSPS) is 18.8. The number of rotatable bonds is 15. The van der Waals surface area contributed by atoms with Crippen molar-refractivity contribution < 1.29 is 38.2 Å². The van der Waals surface area contributed by atoms with E-state index in [0.717, 1.165) is 27.8 Å². The Balaban J connectivity index is 1.14. The third-order valence-corrected chi connectivity index (χ3v) is 15.1. The number of hydrogen-bond acceptors (Lipinski definition) is 16. The summed E-state index contributed by atoms with van der Waals surface area (Å²) in [5.41, 5.74) is -0.823. The summed E-state index contributed by atoms with van der Waals surface area (Å²) in [6.07, 6.45) is 1.10. The quantitative estimate of drug-likeness (QED) is 0.0260. The van der Waals surface area contributed by atoms with E-state index in [1.54, 1.807) is 46.9 Å². The van der Waals surface area contributed by atoms with Crippen LogP contribution in [0.4, 0.5) is 5.13 Å². The fourth-order valence-electron chi connectivity index (χ4n) is 7.26. The van der Waals surface area contributed by atoms with Crippen molar-refractivity contribution in [3.63, 3.8) is 0 Å². The van der Waals surface area contributed by atoms with Crippen molar-refractivity contribution in [3.8, 4) is 0 Å². The molecule has 7 rings (SSSR count). The van der Waals surface area contributed by atoms with Crippen molar-refractivity contribution in [1.82, 2.24) is 25.4 Å². The largest absolute Gasteiger partial charge is 0.457 e. The zero-order chi connectivity index (χ0) is 46.6. The SMILES string of the molecule is Cc1nnc(SCC2(C(=O)OCOC(=O)C(C)(C)C)CS[C@@H]3C(NC(=O)C(=CC(=O)OC(C)(C)C)c4csc(NC(c5ccccc5)(c5ccccc5)c5ccccc5)n4)C(=O)N3C2)s1. The maximum absolute atomic E-state index is 14.4. The second kappa shape index (κ2) is 19.5. The highest BCUT2D eigenvalue weighted by Gasteiger charge is 2.58. The highest BCUT2D eigenvalue weighted by atomic mass is 32.2. The number of anilines is 1. The van der Waals surface area contributed by atoms with Crippen molar-refractivity contribution in [2.45, 2.75) is 75.4 Å². The van der Waals surface area contributed by atoms with Crippen LogP contribution in [0.1, 0.15) is 68.9 Å². The number of nitrogens with one attached hydrogen (secondary N) is 2. The molecule has 18 heteroatoms. The molecule has 0 radical (unpaired) electrons. The van der Waals surface area contributed by atoms with Crippen LogP contribution in [0.3, 0.4) is 0 Å². The summed E-state index contributed by atoms with van der Waals surface area (Å²) in [6, 6.07) is 29.0. The molecule has 2 aromatic heterocycles. The van der Waals surface area contributed by atoms with E-state index in [9.17, 15) is 24.0 Å². The van der Waals surface area contributed by atoms with Gasteiger partial charge in [-0.1, -0.05) is 114 Å². The van der Waals surface area contributed by atoms with E-state index in [2.05, 4.69) is 20.8 Å². The van der Waals surface area contributed by atoms with Crippen LogP contribution in [0.5, 0.6) is 0 Å². The number of ether oxygens (including phenoxy) is 3. The fourth-order valence-corrected chi connectivity index (χ4v) is 11.7. The summed E-state index contributed by atoms with van der Waals surface area (Å²) in [6.45, 7) is 11.5. The molecule has 340 valence electrons. The number of β-lactam (4-membered cyclic amide) rings is 1. The number of hydrogen-bond donors (Lipinski definition) is 2. The van der Waals surface area contributed by atoms with Gasteiger partial charge in [0.1, 0.15) is 33.0 Å². The first kappa shape index (κ1) is 47.4. The molecule has 0 aliphatic carbocycles. The molecular formula is C47H50N6O8S4. The molecule has 2 amide bonds. The molecule has 0 spiro atoms. The topological polar surface area (TPSA) is 179 Å². The van der Waals surface area contributed by atoms with Gasteiger partial charge in [0.25, 0.3) is 5.91 Å². The Hall–Kier alpha value is -5.56. The second-order valence-electron chi connectivity index (χ2n) is 17.6. The minimum Gasteiger partial charge on any atom is -0.457 e. The highest BCUT2D eigenvalue weighted by molar-refractivity contribution is 8.01. The molecule has 3 atom stereocenters. The van der Waals surface area contributed by atoms with Gasteiger partial charge >= 0.3 is 17.9 Å². The predicted molar refractivity (Wildman–Crippen MR) is 253 cm³/mol. The number of aromatic nitrogens is 3. The van der Waals surface area contributed by atoms with E-state index >= 15 is 0 Å². The lowest BCUT2D eigenvalue weighted by Crippen LogP contribution is -2.74. The van der Waals surface area contributed by atoms with Crippen LogP contribution in [-0.2, 0) is 43.7 Å². The molecular weight excluding hydrogens is 905 g/mol. The summed E-state index contributed by atoms with van der Waals surface area (Å²) in [4.78, 5) is 74.5. The van der Waals surface area contributed by atoms with Crippen molar-refractivity contribution in [2.75, 3.05) is 30.2 Å². The minimum absolute atomic E-state index is 0.0135. The Labute approximate surface area is 394 Å². The smallest absolute Gasteiger partial charge is 0.332 e. The van der Waals surface area contributed by atoms with E-state index < -0.39 is 69.9 Å². The number of carbonyl (C=O) groups is 5. The van der Waals surface area contributed by atoms with E-state index in [-0.39, 0.29) is 29.3 Å². The van der Waals surface area contributed by atoms with Gasteiger partial charge in [-0.05, 0) is 65.2 Å². The van der Waals surface area contributed by atoms with Crippen LogP contribution < -0.4 is 10.6 Å². The van der Waals surface area contributed by atoms with Crippen molar-refractivity contribution in [1.29, 1.82) is 0 Å². The Morgan fingerprint density at radius 1 is 0.877 bits per heavy atom. The van der Waals surface area contributed by atoms with Gasteiger partial charge in [0.05, 0.1) is 16.7 Å². The van der Waals surface area contributed by atoms with Crippen LogP contribution >= 0.6 is 46.2 Å². The molecule has 5 aromatic rings. The summed E-state index contributed by atoms with van der Waals surface area (Å²) in [5.74, 6) is -2.62. The number of thioether (sulfide) groups is 2. The molecule has 3 aromatic carbocycles. The first-order valence-corrected chi connectivity index (χ1v) is 24.5. The minimum atomic E-state index is -1.20. The molecule has 2 unspecified atom stereocenters. The van der Waals surface area contributed by atoms with E-state index in [1.165, 1.54) is 51.1 Å². The van der Waals surface area contributed by atoms with Crippen molar-refractivity contribution in [2.24, 2.45) is 10.8 Å². The Kier molecular flexibility index (Phi) is 14.2. The van der Waals surface area contributed by atoms with Gasteiger partial charge in [-0.2, -0.15) is 0 Å². The lowest BCUT2D eigenvalue weighted by molar-refractivity contribution is -0.180. The average Bonchev–Trinajstić information content (AvgIpc) is 3.93. The van der Waals surface area contributed by atoms with Gasteiger partial charge in [0, 0.05) is 29.5 Å². The number of esters is 3. The molecule has 2 fully saturated rings. The van der Waals surface area contributed by atoms with Gasteiger partial charge in [0.2, 0.25) is 12.7 Å². The number of thiazole rings is 1. The second-order valence-corrected chi connectivity index (χ2v) is 22.0. The maximum atomic E-state index is 14.4. The lowest BCUT2D eigenvalue weighted by Gasteiger charge is -2.54. The number of fused-ring (bicyclic) bond motifs is 1. The molecule has 14 nitrogen and oxygen atoms in total. The van der Waals surface area contributed by atoms with Crippen LogP contribution in [0.2, 0.25) is 0 Å². The summed E-state index contributed by atoms with van der Waals surface area (Å²) in [5, 5.41) is 17.2. The van der Waals surface area contributed by atoms with Gasteiger partial charge < -0.3 is 29.7 Å². The van der Waals surface area contributed by atoms with Gasteiger partial charge in [-0.25, -0.2) is 9.78 Å². The van der Waals surface area contributed by atoms with Crippen molar-refractivity contribution in [3.05, 3.63) is 130 Å². The molecule has 2 N–H and O–H groups in total. The maximum Gasteiger partial charge on any atom is 0.332 e. The molecule has 2 saturated heterocycles. The molecule has 2 aliphatic rings. The van der Waals surface area contributed by atoms with Crippen LogP contribution in [0, 0.1) is 17.8 Å². The molecule has 2 aliphatic heterocycles. The van der Waals surface area contributed by atoms with Crippen LogP contribution in [0.15, 0.2) is 107 Å². The van der Waals surface area contributed by atoms with Crippen LogP contribution in [-0.4, -0.2) is 91.7 Å². The molecule has 0 bridgehead atoms. The number of nitrogens with zero attached hydrogens (tertiary/aromatic N) is 4. The first-order chi connectivity index (χ1) is 30.9. The third-order valence-electron chi connectivity index (χ3n) is 10.4. The Morgan fingerprint density at radius 2 is 1.48 bits per heavy atom. The first-order valence-electron chi connectivity index (χ1n) is 20.7. The zero-order valence-corrected chi connectivity index (χ0v) is 40.3. The van der Waals surface area contributed by atoms with E-state index in [1.807, 2.05) is 97.9 Å². The third kappa shape index (κ3) is 10.8. The van der Waals surface area contributed by atoms with Crippen LogP contribution in [0.25, 0.3) is 5.57 Å². The van der Waals surface area contributed by atoms with Gasteiger partial charge in [0.15, 0.2) is 9.47 Å². The van der Waals surface area contributed by atoms with Gasteiger partial charge in [-0.15, -0.1) is 33.3 Å².